The Morgan fingerprint density at radius 2 is 2.22 bits per heavy atom. The van der Waals surface area contributed by atoms with Crippen LogP contribution in [0.4, 0.5) is 0 Å². The molecule has 1 aromatic rings. The quantitative estimate of drug-likeness (QED) is 0.928. The van der Waals surface area contributed by atoms with Crippen LogP contribution in [0.25, 0.3) is 0 Å². The minimum Gasteiger partial charge on any atom is -0.391 e. The molecule has 0 amide bonds. The first-order valence-corrected chi connectivity index (χ1v) is 8.58. The zero-order valence-corrected chi connectivity index (χ0v) is 12.1. The van der Waals surface area contributed by atoms with Gasteiger partial charge in [-0.1, -0.05) is 12.8 Å². The Morgan fingerprint density at radius 3 is 2.94 bits per heavy atom. The average Bonchev–Trinajstić information content (AvgIpc) is 2.72. The van der Waals surface area contributed by atoms with Crippen LogP contribution in [0.15, 0.2) is 16.3 Å². The van der Waals surface area contributed by atoms with E-state index in [1.54, 1.807) is 15.8 Å². The second-order valence-electron chi connectivity index (χ2n) is 4.68. The molecular weight excluding hydrogens is 270 g/mol. The molecule has 2 heterocycles. The number of thiophene rings is 1. The topological polar surface area (TPSA) is 57.6 Å². The molecule has 0 radical (unpaired) electrons. The van der Waals surface area contributed by atoms with Gasteiger partial charge in [0.1, 0.15) is 0 Å². The van der Waals surface area contributed by atoms with Crippen molar-refractivity contribution >= 4 is 21.4 Å². The van der Waals surface area contributed by atoms with Crippen molar-refractivity contribution in [3.05, 3.63) is 16.3 Å². The lowest BCUT2D eigenvalue weighted by Crippen LogP contribution is -2.38. The fourth-order valence-electron chi connectivity index (χ4n) is 2.41. The monoisotopic (exact) mass is 289 g/mol. The number of hydrogen-bond donors (Lipinski definition) is 1. The third-order valence-corrected chi connectivity index (χ3v) is 6.56. The Labute approximate surface area is 112 Å². The molecule has 2 rings (SSSR count). The third-order valence-electron chi connectivity index (χ3n) is 3.43. The van der Waals surface area contributed by atoms with Gasteiger partial charge in [-0.15, -0.1) is 11.3 Å². The first-order chi connectivity index (χ1) is 8.57. The van der Waals surface area contributed by atoms with Crippen LogP contribution in [-0.4, -0.2) is 30.4 Å². The maximum atomic E-state index is 12.6. The van der Waals surface area contributed by atoms with E-state index in [9.17, 15) is 13.5 Å². The molecule has 6 heteroatoms. The van der Waals surface area contributed by atoms with Gasteiger partial charge in [-0.25, -0.2) is 8.42 Å². The molecule has 1 aliphatic rings. The van der Waals surface area contributed by atoms with Crippen LogP contribution < -0.4 is 0 Å². The summed E-state index contributed by atoms with van der Waals surface area (Å²) in [5.41, 5.74) is 0. The van der Waals surface area contributed by atoms with Gasteiger partial charge >= 0.3 is 0 Å². The zero-order valence-electron chi connectivity index (χ0n) is 10.5. The summed E-state index contributed by atoms with van der Waals surface area (Å²) >= 11 is 1.29. The highest BCUT2D eigenvalue weighted by Crippen LogP contribution is 2.29. The second kappa shape index (κ2) is 5.69. The highest BCUT2D eigenvalue weighted by atomic mass is 32.2. The molecule has 1 aliphatic heterocycles. The van der Waals surface area contributed by atoms with E-state index in [-0.39, 0.29) is 17.5 Å². The highest BCUT2D eigenvalue weighted by molar-refractivity contribution is 7.89. The van der Waals surface area contributed by atoms with Crippen LogP contribution in [-0.2, 0) is 16.6 Å². The molecule has 4 nitrogen and oxygen atoms in total. The van der Waals surface area contributed by atoms with Crippen molar-refractivity contribution in [1.29, 1.82) is 0 Å². The number of aliphatic hydroxyl groups is 1. The van der Waals surface area contributed by atoms with E-state index >= 15 is 0 Å². The fraction of sp³-hybridized carbons (Fsp3) is 0.667. The average molecular weight is 289 g/mol. The van der Waals surface area contributed by atoms with Gasteiger partial charge in [0.05, 0.1) is 11.5 Å². The summed E-state index contributed by atoms with van der Waals surface area (Å²) in [7, 11) is -3.45. The normalized spacial score (nSPS) is 22.9. The SMILES string of the molecule is CC1CCCCCN1S(=O)(=O)c1ccsc1CO. The highest BCUT2D eigenvalue weighted by Gasteiger charge is 2.31. The predicted molar refractivity (Wildman–Crippen MR) is 72.1 cm³/mol. The van der Waals surface area contributed by atoms with E-state index in [1.165, 1.54) is 11.3 Å². The fourth-order valence-corrected chi connectivity index (χ4v) is 5.37. The van der Waals surface area contributed by atoms with Crippen molar-refractivity contribution in [2.45, 2.75) is 50.2 Å². The summed E-state index contributed by atoms with van der Waals surface area (Å²) in [5.74, 6) is 0. The molecule has 1 atom stereocenters. The largest absolute Gasteiger partial charge is 0.391 e. The van der Waals surface area contributed by atoms with Crippen molar-refractivity contribution < 1.29 is 13.5 Å². The number of rotatable bonds is 3. The minimum absolute atomic E-state index is 0.0453. The number of hydrogen-bond acceptors (Lipinski definition) is 4. The Morgan fingerprint density at radius 1 is 1.44 bits per heavy atom. The van der Waals surface area contributed by atoms with Crippen molar-refractivity contribution in [1.82, 2.24) is 4.31 Å². The van der Waals surface area contributed by atoms with E-state index in [0.717, 1.165) is 25.7 Å². The van der Waals surface area contributed by atoms with Crippen molar-refractivity contribution in [2.75, 3.05) is 6.54 Å². The number of aliphatic hydroxyl groups excluding tert-OH is 1. The lowest BCUT2D eigenvalue weighted by atomic mass is 10.1. The molecule has 0 saturated carbocycles. The van der Waals surface area contributed by atoms with Gasteiger partial charge in [-0.3, -0.25) is 0 Å². The molecule has 1 fully saturated rings. The minimum atomic E-state index is -3.45. The standard InChI is InChI=1S/C12H19NO3S2/c1-10-5-3-2-4-7-13(10)18(15,16)12-6-8-17-11(12)9-14/h6,8,10,14H,2-5,7,9H2,1H3. The molecule has 0 aromatic carbocycles. The van der Waals surface area contributed by atoms with Gasteiger partial charge in [0, 0.05) is 17.5 Å². The van der Waals surface area contributed by atoms with Crippen LogP contribution in [0.2, 0.25) is 0 Å². The second-order valence-corrected chi connectivity index (χ2v) is 7.54. The van der Waals surface area contributed by atoms with E-state index in [1.807, 2.05) is 6.92 Å². The van der Waals surface area contributed by atoms with E-state index in [0.29, 0.717) is 11.4 Å². The molecule has 1 saturated heterocycles. The Kier molecular flexibility index (Phi) is 4.42. The van der Waals surface area contributed by atoms with Crippen molar-refractivity contribution in [2.24, 2.45) is 0 Å². The Hall–Kier alpha value is -0.430. The van der Waals surface area contributed by atoms with Crippen LogP contribution in [0.5, 0.6) is 0 Å². The summed E-state index contributed by atoms with van der Waals surface area (Å²) in [4.78, 5) is 0.815. The molecule has 0 aliphatic carbocycles. The Balaban J connectivity index is 2.35. The molecule has 0 spiro atoms. The predicted octanol–water partition coefficient (Wildman–Crippen LogP) is 2.19. The summed E-state index contributed by atoms with van der Waals surface area (Å²) in [5, 5.41) is 10.9. The summed E-state index contributed by atoms with van der Waals surface area (Å²) in [6.45, 7) is 2.34. The third kappa shape index (κ3) is 2.61. The smallest absolute Gasteiger partial charge is 0.244 e. The lowest BCUT2D eigenvalue weighted by Gasteiger charge is -2.26. The molecule has 18 heavy (non-hydrogen) atoms. The van der Waals surface area contributed by atoms with Crippen LogP contribution in [0.3, 0.4) is 0 Å². The summed E-state index contributed by atoms with van der Waals surface area (Å²) < 4.78 is 26.8. The van der Waals surface area contributed by atoms with E-state index in [4.69, 9.17) is 0 Å². The maximum absolute atomic E-state index is 12.6. The van der Waals surface area contributed by atoms with Crippen LogP contribution in [0, 0.1) is 0 Å². The molecule has 1 N–H and O–H groups in total. The molecule has 0 bridgehead atoms. The summed E-state index contributed by atoms with van der Waals surface area (Å²) in [6, 6.07) is 1.65. The van der Waals surface area contributed by atoms with E-state index in [2.05, 4.69) is 0 Å². The first kappa shape index (κ1) is 14.0. The molecule has 1 aromatic heterocycles. The summed E-state index contributed by atoms with van der Waals surface area (Å²) in [6.07, 6.45) is 4.01. The van der Waals surface area contributed by atoms with Gasteiger partial charge in [0.15, 0.2) is 0 Å². The number of nitrogens with zero attached hydrogens (tertiary/aromatic N) is 1. The lowest BCUT2D eigenvalue weighted by molar-refractivity contribution is 0.281. The number of sulfonamides is 1. The van der Waals surface area contributed by atoms with Gasteiger partial charge in [0.2, 0.25) is 10.0 Å². The van der Waals surface area contributed by atoms with Gasteiger partial charge in [-0.05, 0) is 31.2 Å². The zero-order chi connectivity index (χ0) is 13.2. The Bertz CT molecular complexity index is 495. The van der Waals surface area contributed by atoms with Crippen molar-refractivity contribution in [3.63, 3.8) is 0 Å². The van der Waals surface area contributed by atoms with Crippen LogP contribution in [0.1, 0.15) is 37.5 Å². The van der Waals surface area contributed by atoms with Crippen molar-refractivity contribution in [3.8, 4) is 0 Å². The molecule has 102 valence electrons. The molecule has 1 unspecified atom stereocenters. The first-order valence-electron chi connectivity index (χ1n) is 6.26. The van der Waals surface area contributed by atoms with Gasteiger partial charge < -0.3 is 5.11 Å². The molecular formula is C12H19NO3S2. The van der Waals surface area contributed by atoms with Gasteiger partial charge in [0.25, 0.3) is 0 Å². The maximum Gasteiger partial charge on any atom is 0.244 e. The van der Waals surface area contributed by atoms with Crippen LogP contribution >= 0.6 is 11.3 Å². The van der Waals surface area contributed by atoms with E-state index < -0.39 is 10.0 Å². The van der Waals surface area contributed by atoms with Gasteiger partial charge in [-0.2, -0.15) is 4.31 Å².